The first-order valence-corrected chi connectivity index (χ1v) is 11.6. The summed E-state index contributed by atoms with van der Waals surface area (Å²) in [6, 6.07) is 0. The van der Waals surface area contributed by atoms with Gasteiger partial charge in [0.15, 0.2) is 0 Å². The Balaban J connectivity index is 3.98. The summed E-state index contributed by atoms with van der Waals surface area (Å²) in [6.07, 6.45) is 0. The van der Waals surface area contributed by atoms with Gasteiger partial charge in [0.25, 0.3) is 0 Å². The number of hydrogen-bond acceptors (Lipinski definition) is 0. The van der Waals surface area contributed by atoms with Crippen molar-refractivity contribution in [2.45, 2.75) is 44.1 Å². The lowest BCUT2D eigenvalue weighted by molar-refractivity contribution is 1.52. The van der Waals surface area contributed by atoms with E-state index in [4.69, 9.17) is 0 Å². The highest BCUT2D eigenvalue weighted by Crippen LogP contribution is 2.18. The van der Waals surface area contributed by atoms with E-state index in [1.54, 1.807) is 0 Å². The molecule has 0 aliphatic carbocycles. The van der Waals surface area contributed by atoms with Crippen molar-refractivity contribution in [3.05, 3.63) is 0 Å². The lowest BCUT2D eigenvalue weighted by atomic mass is 11.7. The molecule has 3 radical (unpaired) electrons. The molecule has 10 heavy (non-hydrogen) atoms. The Morgan fingerprint density at radius 2 is 0.800 bits per heavy atom. The molecule has 0 N–H and O–H groups in total. The third-order valence-electron chi connectivity index (χ3n) is 1.73. The fourth-order valence-electron chi connectivity index (χ4n) is 1.73. The predicted molar refractivity (Wildman–Crippen MR) is 56.2 cm³/mol. The van der Waals surface area contributed by atoms with Gasteiger partial charge in [0, 0.05) is 26.4 Å². The van der Waals surface area contributed by atoms with Gasteiger partial charge in [-0.25, -0.2) is 0 Å². The monoisotopic (exact) mass is 187 g/mol. The molecule has 0 aromatic carbocycles. The van der Waals surface area contributed by atoms with Crippen LogP contribution in [0.4, 0.5) is 0 Å². The van der Waals surface area contributed by atoms with E-state index in [1.165, 1.54) is 4.79 Å². The highest BCUT2D eigenvalue weighted by atomic mass is 28.4. The predicted octanol–water partition coefficient (Wildman–Crippen LogP) is 2.70. The summed E-state index contributed by atoms with van der Waals surface area (Å²) in [4.78, 5) is 1.19. The van der Waals surface area contributed by atoms with Gasteiger partial charge in [0.2, 0.25) is 0 Å². The summed E-state index contributed by atoms with van der Waals surface area (Å²) in [5.74, 6) is 0. The molecular formula is C7H19Si3. The van der Waals surface area contributed by atoms with E-state index < -0.39 is 0 Å². The first-order chi connectivity index (χ1) is 4.46. The van der Waals surface area contributed by atoms with Crippen LogP contribution in [0.2, 0.25) is 44.1 Å². The maximum atomic E-state index is 2.48. The van der Waals surface area contributed by atoms with Crippen molar-refractivity contribution in [1.29, 1.82) is 0 Å². The molecule has 0 rings (SSSR count). The van der Waals surface area contributed by atoms with Crippen LogP contribution in [0, 0.1) is 0 Å². The third kappa shape index (κ3) is 3.16. The maximum absolute atomic E-state index is 2.48. The Bertz CT molecular complexity index is 69.8. The van der Waals surface area contributed by atoms with Crippen LogP contribution in [0.5, 0.6) is 0 Å². The smallest absolute Gasteiger partial charge is 0.0385 e. The molecule has 0 amide bonds. The Morgan fingerprint density at radius 3 is 0.800 bits per heavy atom. The quantitative estimate of drug-likeness (QED) is 0.596. The van der Waals surface area contributed by atoms with Gasteiger partial charge in [-0.15, -0.1) is 0 Å². The average molecular weight is 187 g/mol. The zero-order valence-corrected chi connectivity index (χ0v) is 11.1. The molecule has 0 aliphatic rings. The number of rotatable bonds is 3. The van der Waals surface area contributed by atoms with Gasteiger partial charge in [0.1, 0.15) is 0 Å². The van der Waals surface area contributed by atoms with E-state index >= 15 is 0 Å². The van der Waals surface area contributed by atoms with Gasteiger partial charge in [-0.3, -0.25) is 0 Å². The minimum absolute atomic E-state index is 0.0185. The minimum atomic E-state index is 0.0185. The normalized spacial score (nSPS) is 12.6. The lowest BCUT2D eigenvalue weighted by Gasteiger charge is -2.25. The molecule has 0 aromatic heterocycles. The van der Waals surface area contributed by atoms with Crippen LogP contribution in [0.25, 0.3) is 0 Å². The van der Waals surface area contributed by atoms with Crippen LogP contribution < -0.4 is 0 Å². The van der Waals surface area contributed by atoms with Crippen LogP contribution in [-0.4, -0.2) is 26.4 Å². The molecule has 0 nitrogen and oxygen atoms in total. The van der Waals surface area contributed by atoms with Crippen molar-refractivity contribution in [1.82, 2.24) is 0 Å². The van der Waals surface area contributed by atoms with Crippen LogP contribution in [0.1, 0.15) is 0 Å². The fraction of sp³-hybridized carbons (Fsp3) is 1.00. The van der Waals surface area contributed by atoms with Crippen LogP contribution in [-0.2, 0) is 0 Å². The zero-order chi connectivity index (χ0) is 8.31. The Labute approximate surface area is 70.9 Å². The first-order valence-electron chi connectivity index (χ1n) is 3.87. The van der Waals surface area contributed by atoms with Gasteiger partial charge in [-0.1, -0.05) is 44.1 Å². The summed E-state index contributed by atoms with van der Waals surface area (Å²) < 4.78 is 0. The second-order valence-electron chi connectivity index (χ2n) is 3.67. The summed E-state index contributed by atoms with van der Waals surface area (Å²) in [6.45, 7) is 14.9. The van der Waals surface area contributed by atoms with Crippen molar-refractivity contribution in [3.63, 3.8) is 0 Å². The second-order valence-corrected chi connectivity index (χ2v) is 13.6. The van der Waals surface area contributed by atoms with E-state index in [2.05, 4.69) is 39.3 Å². The molecule has 0 saturated heterocycles. The van der Waals surface area contributed by atoms with E-state index in [0.29, 0.717) is 0 Å². The number of hydrogen-bond donors (Lipinski definition) is 0. The van der Waals surface area contributed by atoms with E-state index in [9.17, 15) is 0 Å². The van der Waals surface area contributed by atoms with Crippen molar-refractivity contribution in [2.75, 3.05) is 0 Å². The fourth-order valence-corrected chi connectivity index (χ4v) is 15.6. The largest absolute Gasteiger partial charge is 0.0715 e. The third-order valence-corrected chi connectivity index (χ3v) is 15.6. The molecule has 59 valence electrons. The summed E-state index contributed by atoms with van der Waals surface area (Å²) in [5.41, 5.74) is 0. The van der Waals surface area contributed by atoms with Crippen LogP contribution in [0.3, 0.4) is 0 Å². The van der Waals surface area contributed by atoms with E-state index in [1.807, 2.05) is 0 Å². The van der Waals surface area contributed by atoms with Gasteiger partial charge in [-0.05, 0) is 0 Å². The molecule has 0 bridgehead atoms. The highest BCUT2D eigenvalue weighted by molar-refractivity contribution is 6.94. The minimum Gasteiger partial charge on any atom is -0.0715 e. The SMILES string of the molecule is C[Si](C)C([Si](C)C)[Si](C)C. The van der Waals surface area contributed by atoms with Gasteiger partial charge in [0.05, 0.1) is 0 Å². The van der Waals surface area contributed by atoms with Gasteiger partial charge < -0.3 is 0 Å². The van der Waals surface area contributed by atoms with Crippen molar-refractivity contribution < 1.29 is 0 Å². The molecular weight excluding hydrogens is 168 g/mol. The molecule has 0 spiro atoms. The van der Waals surface area contributed by atoms with Crippen LogP contribution in [0.15, 0.2) is 0 Å². The molecule has 0 heterocycles. The van der Waals surface area contributed by atoms with Gasteiger partial charge in [-0.2, -0.15) is 0 Å². The molecule has 0 fully saturated rings. The Morgan fingerprint density at radius 1 is 0.600 bits per heavy atom. The molecule has 0 aromatic rings. The highest BCUT2D eigenvalue weighted by Gasteiger charge is 2.23. The summed E-state index contributed by atoms with van der Waals surface area (Å²) >= 11 is 0. The van der Waals surface area contributed by atoms with Crippen molar-refractivity contribution >= 4 is 26.4 Å². The van der Waals surface area contributed by atoms with Crippen LogP contribution >= 0.6 is 0 Å². The second kappa shape index (κ2) is 4.51. The lowest BCUT2D eigenvalue weighted by Crippen LogP contribution is -2.34. The molecule has 0 saturated carbocycles. The summed E-state index contributed by atoms with van der Waals surface area (Å²) in [7, 11) is 0.0556. The van der Waals surface area contributed by atoms with Gasteiger partial charge >= 0.3 is 0 Å². The first kappa shape index (κ1) is 10.7. The zero-order valence-electron chi connectivity index (χ0n) is 8.08. The molecule has 3 heteroatoms. The molecule has 0 aliphatic heterocycles. The topological polar surface area (TPSA) is 0 Å². The van der Waals surface area contributed by atoms with Crippen molar-refractivity contribution in [2.24, 2.45) is 0 Å². The average Bonchev–Trinajstić information content (AvgIpc) is 1.59. The maximum Gasteiger partial charge on any atom is 0.0385 e. The van der Waals surface area contributed by atoms with E-state index in [-0.39, 0.29) is 26.4 Å². The standard InChI is InChI=1S/C7H19Si3/c1-8(2)7(9(3)4)10(5)6/h7H,1-6H3. The Kier molecular flexibility index (Phi) is 4.81. The van der Waals surface area contributed by atoms with E-state index in [0.717, 1.165) is 0 Å². The van der Waals surface area contributed by atoms with Crippen molar-refractivity contribution in [3.8, 4) is 0 Å². The summed E-state index contributed by atoms with van der Waals surface area (Å²) in [5, 5.41) is 0. The molecule has 0 atom stereocenters. The molecule has 0 unspecified atom stereocenters. The Hall–Kier alpha value is 0.651.